The smallest absolute Gasteiger partial charge is 0.346 e. The Morgan fingerprint density at radius 3 is 1.09 bits per heavy atom. The van der Waals surface area contributed by atoms with Crippen LogP contribution < -0.4 is 0 Å². The van der Waals surface area contributed by atoms with Crippen molar-refractivity contribution in [2.24, 2.45) is 0 Å². The molecule has 6 aromatic carbocycles. The molecule has 6 rings (SSSR count). The molecule has 0 spiro atoms. The predicted molar refractivity (Wildman–Crippen MR) is 201 cm³/mol. The number of ether oxygens (including phenoxy) is 1. The maximum absolute atomic E-state index is 13.5. The first kappa shape index (κ1) is 36.6. The van der Waals surface area contributed by atoms with Gasteiger partial charge in [-0.25, -0.2) is 19.2 Å². The van der Waals surface area contributed by atoms with E-state index in [0.717, 1.165) is 35.4 Å². The minimum atomic E-state index is -1.55. The minimum absolute atomic E-state index is 0.0907. The average molecular weight is 723 g/mol. The molecular weight excluding hydrogens is 696 g/mol. The van der Waals surface area contributed by atoms with Gasteiger partial charge in [-0.05, 0) is 72.8 Å². The van der Waals surface area contributed by atoms with Gasteiger partial charge in [0.1, 0.15) is 0 Å². The van der Waals surface area contributed by atoms with Gasteiger partial charge >= 0.3 is 23.9 Å². The average Bonchev–Trinajstić information content (AvgIpc) is 3.22. The van der Waals surface area contributed by atoms with E-state index in [4.69, 9.17) is 4.74 Å². The van der Waals surface area contributed by atoms with E-state index in [2.05, 4.69) is 23.7 Å². The Morgan fingerprint density at radius 2 is 0.709 bits per heavy atom. The van der Waals surface area contributed by atoms with Crippen molar-refractivity contribution in [3.05, 3.63) is 212 Å². The van der Waals surface area contributed by atoms with Gasteiger partial charge in [-0.15, -0.1) is 0 Å². The zero-order chi connectivity index (χ0) is 38.9. The highest BCUT2D eigenvalue weighted by atomic mass is 16.6. The summed E-state index contributed by atoms with van der Waals surface area (Å²) in [4.78, 5) is 78.0. The second kappa shape index (κ2) is 16.5. The lowest BCUT2D eigenvalue weighted by molar-refractivity contribution is 0.0386. The normalized spacial score (nSPS) is 10.1. The van der Waals surface area contributed by atoms with E-state index in [9.17, 15) is 39.0 Å². The summed E-state index contributed by atoms with van der Waals surface area (Å²) in [5.74, 6) is 4.81. The molecule has 264 valence electrons. The lowest BCUT2D eigenvalue weighted by Crippen LogP contribution is -2.20. The highest BCUT2D eigenvalue weighted by Gasteiger charge is 2.27. The van der Waals surface area contributed by atoms with Gasteiger partial charge in [0.2, 0.25) is 0 Å². The molecule has 0 heterocycles. The first-order chi connectivity index (χ1) is 26.6. The van der Waals surface area contributed by atoms with Crippen molar-refractivity contribution in [3.8, 4) is 23.7 Å². The number of hydrogen-bond donors (Lipinski definition) is 2. The van der Waals surface area contributed by atoms with Gasteiger partial charge in [-0.1, -0.05) is 96.5 Å². The van der Waals surface area contributed by atoms with Gasteiger partial charge in [-0.2, -0.15) is 0 Å². The number of benzene rings is 6. The molecule has 0 aromatic heterocycles. The summed E-state index contributed by atoms with van der Waals surface area (Å²) in [6.45, 7) is 0. The third-order valence-electron chi connectivity index (χ3n) is 8.15. The second-order valence-corrected chi connectivity index (χ2v) is 11.9. The van der Waals surface area contributed by atoms with Crippen LogP contribution >= 0.6 is 0 Å². The van der Waals surface area contributed by atoms with Crippen LogP contribution in [-0.2, 0) is 4.74 Å². The highest BCUT2D eigenvalue weighted by molar-refractivity contribution is 6.15. The predicted octanol–water partition coefficient (Wildman–Crippen LogP) is 7.34. The molecule has 0 aliphatic rings. The van der Waals surface area contributed by atoms with E-state index < -0.39 is 57.7 Å². The van der Waals surface area contributed by atoms with Crippen molar-refractivity contribution in [1.29, 1.82) is 0 Å². The molecule has 0 saturated carbocycles. The number of carboxylic acid groups (broad SMARTS) is 2. The lowest BCUT2D eigenvalue weighted by atomic mass is 9.96. The van der Waals surface area contributed by atoms with Crippen molar-refractivity contribution < 1.29 is 43.7 Å². The van der Waals surface area contributed by atoms with Crippen LogP contribution in [0.1, 0.15) is 95.5 Å². The number of esters is 2. The van der Waals surface area contributed by atoms with Crippen LogP contribution in [0.5, 0.6) is 0 Å². The molecule has 6 aromatic rings. The molecule has 9 nitrogen and oxygen atoms in total. The maximum atomic E-state index is 13.5. The molecule has 0 fully saturated rings. The second-order valence-electron chi connectivity index (χ2n) is 11.9. The van der Waals surface area contributed by atoms with Crippen LogP contribution in [0, 0.1) is 23.7 Å². The SMILES string of the molecule is O=C(c1cccc(C#Cc2ccccc2)c1)c1ccc(C(=O)O)c(C(=O)OC(=O)c2cc(C(=O)c3cccc(C#Cc4ccccc4)c3)ccc2C(=O)O)c1. The number of ketones is 2. The van der Waals surface area contributed by atoms with Crippen LogP contribution in [0.15, 0.2) is 146 Å². The molecular formula is C46H26O9. The Labute approximate surface area is 314 Å². The topological polar surface area (TPSA) is 152 Å². The van der Waals surface area contributed by atoms with Crippen molar-refractivity contribution in [2.75, 3.05) is 0 Å². The fourth-order valence-electron chi connectivity index (χ4n) is 5.42. The third-order valence-corrected chi connectivity index (χ3v) is 8.15. The molecule has 0 unspecified atom stereocenters. The fraction of sp³-hybridized carbons (Fsp3) is 0. The van der Waals surface area contributed by atoms with Crippen molar-refractivity contribution >= 4 is 35.4 Å². The fourth-order valence-corrected chi connectivity index (χ4v) is 5.42. The molecule has 0 aliphatic carbocycles. The lowest BCUT2D eigenvalue weighted by Gasteiger charge is -2.11. The summed E-state index contributed by atoms with van der Waals surface area (Å²) < 4.78 is 5.01. The van der Waals surface area contributed by atoms with E-state index in [1.54, 1.807) is 36.4 Å². The highest BCUT2D eigenvalue weighted by Crippen LogP contribution is 2.22. The van der Waals surface area contributed by atoms with Crippen LogP contribution in [0.4, 0.5) is 0 Å². The zero-order valence-corrected chi connectivity index (χ0v) is 28.6. The van der Waals surface area contributed by atoms with E-state index >= 15 is 0 Å². The molecule has 0 amide bonds. The summed E-state index contributed by atoms with van der Waals surface area (Å²) in [5, 5.41) is 19.6. The summed E-state index contributed by atoms with van der Waals surface area (Å²) in [7, 11) is 0. The van der Waals surface area contributed by atoms with E-state index in [1.165, 1.54) is 24.3 Å². The van der Waals surface area contributed by atoms with Gasteiger partial charge in [0, 0.05) is 44.5 Å². The summed E-state index contributed by atoms with van der Waals surface area (Å²) in [6.07, 6.45) is 0. The van der Waals surface area contributed by atoms with Gasteiger partial charge in [0.05, 0.1) is 22.3 Å². The molecule has 0 radical (unpaired) electrons. The Bertz CT molecular complexity index is 2470. The Kier molecular flexibility index (Phi) is 11.0. The summed E-state index contributed by atoms with van der Waals surface area (Å²) in [5.41, 5.74) is 0.384. The summed E-state index contributed by atoms with van der Waals surface area (Å²) >= 11 is 0. The monoisotopic (exact) mass is 722 g/mol. The first-order valence-electron chi connectivity index (χ1n) is 16.5. The first-order valence-corrected chi connectivity index (χ1v) is 16.5. The molecule has 9 heteroatoms. The Balaban J connectivity index is 1.26. The van der Waals surface area contributed by atoms with Gasteiger partial charge in [0.15, 0.2) is 11.6 Å². The van der Waals surface area contributed by atoms with Crippen LogP contribution in [0.2, 0.25) is 0 Å². The van der Waals surface area contributed by atoms with Crippen LogP contribution in [0.3, 0.4) is 0 Å². The zero-order valence-electron chi connectivity index (χ0n) is 28.6. The van der Waals surface area contributed by atoms with Crippen molar-refractivity contribution in [1.82, 2.24) is 0 Å². The number of rotatable bonds is 8. The van der Waals surface area contributed by atoms with E-state index in [0.29, 0.717) is 11.1 Å². The minimum Gasteiger partial charge on any atom is -0.478 e. The molecule has 0 atom stereocenters. The summed E-state index contributed by atoms with van der Waals surface area (Å²) in [6, 6.07) is 37.7. The maximum Gasteiger partial charge on any atom is 0.346 e. The molecule has 0 bridgehead atoms. The quantitative estimate of drug-likeness (QED) is 0.0711. The van der Waals surface area contributed by atoms with Crippen LogP contribution in [0.25, 0.3) is 0 Å². The molecule has 55 heavy (non-hydrogen) atoms. The number of aromatic carboxylic acids is 2. The van der Waals surface area contributed by atoms with Gasteiger partial charge in [0.25, 0.3) is 0 Å². The Hall–Kier alpha value is -8.14. The van der Waals surface area contributed by atoms with Crippen molar-refractivity contribution in [2.45, 2.75) is 0 Å². The number of hydrogen-bond acceptors (Lipinski definition) is 7. The van der Waals surface area contributed by atoms with E-state index in [-0.39, 0.29) is 22.3 Å². The number of carboxylic acids is 2. The number of carbonyl (C=O) groups excluding carboxylic acids is 4. The molecule has 0 aliphatic heterocycles. The largest absolute Gasteiger partial charge is 0.478 e. The third kappa shape index (κ3) is 8.85. The number of carbonyl (C=O) groups is 6. The van der Waals surface area contributed by atoms with Crippen molar-refractivity contribution in [3.63, 3.8) is 0 Å². The molecule has 0 saturated heterocycles. The van der Waals surface area contributed by atoms with Gasteiger partial charge in [-0.3, -0.25) is 9.59 Å². The van der Waals surface area contributed by atoms with Gasteiger partial charge < -0.3 is 14.9 Å². The van der Waals surface area contributed by atoms with Crippen LogP contribution in [-0.4, -0.2) is 45.7 Å². The Morgan fingerprint density at radius 1 is 0.364 bits per heavy atom. The van der Waals surface area contributed by atoms with E-state index in [1.807, 2.05) is 60.7 Å². The standard InChI is InChI=1S/C46H26O9/c47-41(33-15-7-13-31(25-33)19-17-29-9-3-1-4-10-29)35-21-23-37(43(49)50)39(27-35)45(53)55-46(54)40-28-36(22-24-38(40)44(51)52)42(48)34-16-8-14-32(26-34)20-18-30-11-5-2-6-12-30/h1-16,21-28H,(H,49,50)(H,51,52). The molecule has 2 N–H and O–H groups in total.